The summed E-state index contributed by atoms with van der Waals surface area (Å²) in [5.74, 6) is 0. The molecule has 0 fully saturated rings. The number of rotatable bonds is 0. The van der Waals surface area contributed by atoms with Crippen molar-refractivity contribution in [2.24, 2.45) is 5.10 Å². The van der Waals surface area contributed by atoms with E-state index in [1.54, 1.807) is 6.21 Å². The van der Waals surface area contributed by atoms with Crippen LogP contribution in [0.5, 0.6) is 0 Å². The van der Waals surface area contributed by atoms with Crippen molar-refractivity contribution in [1.82, 2.24) is 0 Å². The minimum Gasteiger partial charge on any atom is -0.652 e. The first-order valence-corrected chi connectivity index (χ1v) is 4.13. The zero-order valence-corrected chi connectivity index (χ0v) is 13.7. The molecule has 0 amide bonds. The van der Waals surface area contributed by atoms with Crippen molar-refractivity contribution in [3.8, 4) is 0 Å². The van der Waals surface area contributed by atoms with Gasteiger partial charge in [-0.2, -0.15) is 5.10 Å². The van der Waals surface area contributed by atoms with Gasteiger partial charge in [0.2, 0.25) is 0 Å². The van der Waals surface area contributed by atoms with Gasteiger partial charge >= 0.3 is 59.1 Å². The number of nitrogens with zero attached hydrogens (tertiary/aromatic N) is 1. The number of carboxylic acid groups (broad SMARTS) is 2. The summed E-state index contributed by atoms with van der Waals surface area (Å²) in [6, 6.07) is 8.05. The minimum atomic E-state index is -2.33. The molecule has 0 unspecified atom stereocenters. The normalized spacial score (nSPS) is 10.1. The number of benzene rings is 1. The van der Waals surface area contributed by atoms with Crippen molar-refractivity contribution in [3.63, 3.8) is 0 Å². The van der Waals surface area contributed by atoms with Gasteiger partial charge in [-0.15, -0.1) is 0 Å². The van der Waals surface area contributed by atoms with Gasteiger partial charge in [0.05, 0.1) is 5.69 Å². The molecule has 1 heterocycles. The Kier molecular flexibility index (Phi) is 12.1. The molecule has 0 spiro atoms. The molecule has 2 rings (SSSR count). The molecule has 78 valence electrons. The first-order valence-electron chi connectivity index (χ1n) is 4.13. The number of hydrogen-bond donors (Lipinski definition) is 1. The molecule has 0 aliphatic carbocycles. The van der Waals surface area contributed by atoms with Gasteiger partial charge in [-0.25, -0.2) is 0 Å². The third-order valence-electron chi connectivity index (χ3n) is 1.58. The summed E-state index contributed by atoms with van der Waals surface area (Å²) in [4.78, 5) is 8.33. The van der Waals surface area contributed by atoms with Crippen LogP contribution in [0.1, 0.15) is 5.56 Å². The standard InChI is InChI=1S/C9H8N2.CH2O3.2Na/c1-2-6-9-8(4-1)5-3-7-10-11-9;2-1(3)4;;/h1-7,11H;(H2,2,3,4);;/q;;2*+1/p-2. The van der Waals surface area contributed by atoms with Gasteiger partial charge in [0, 0.05) is 6.21 Å². The Morgan fingerprint density at radius 3 is 2.41 bits per heavy atom. The number of carbonyl (C=O) groups excluding carboxylic acids is 1. The molecule has 7 heteroatoms. The summed E-state index contributed by atoms with van der Waals surface area (Å²) in [7, 11) is 0. The number of hydrazone groups is 1. The van der Waals surface area contributed by atoms with Crippen LogP contribution in [0.25, 0.3) is 6.08 Å². The minimum absolute atomic E-state index is 0. The van der Waals surface area contributed by atoms with Crippen molar-refractivity contribution < 1.29 is 74.1 Å². The van der Waals surface area contributed by atoms with E-state index in [-0.39, 0.29) is 59.1 Å². The van der Waals surface area contributed by atoms with Crippen LogP contribution >= 0.6 is 0 Å². The fraction of sp³-hybridized carbons (Fsp3) is 0. The summed E-state index contributed by atoms with van der Waals surface area (Å²) in [6.07, 6.45) is 3.34. The molecule has 0 aromatic heterocycles. The third kappa shape index (κ3) is 8.43. The van der Waals surface area contributed by atoms with Gasteiger partial charge < -0.3 is 15.0 Å². The van der Waals surface area contributed by atoms with Crippen LogP contribution in [0, 0.1) is 0 Å². The van der Waals surface area contributed by atoms with Crippen molar-refractivity contribution >= 4 is 24.1 Å². The van der Waals surface area contributed by atoms with Crippen molar-refractivity contribution in [2.45, 2.75) is 0 Å². The van der Waals surface area contributed by atoms with Crippen molar-refractivity contribution in [2.75, 3.05) is 5.43 Å². The third-order valence-corrected chi connectivity index (χ3v) is 1.58. The van der Waals surface area contributed by atoms with E-state index in [1.807, 2.05) is 36.4 Å². The Labute approximate surface area is 143 Å². The predicted molar refractivity (Wildman–Crippen MR) is 53.0 cm³/mol. The fourth-order valence-electron chi connectivity index (χ4n) is 1.04. The molecule has 5 nitrogen and oxygen atoms in total. The molecule has 0 radical (unpaired) electrons. The van der Waals surface area contributed by atoms with E-state index >= 15 is 0 Å². The van der Waals surface area contributed by atoms with Crippen LogP contribution in [0.15, 0.2) is 35.4 Å². The number of nitrogens with one attached hydrogen (secondary N) is 1. The molecule has 0 saturated heterocycles. The van der Waals surface area contributed by atoms with Gasteiger partial charge in [-0.05, 0) is 23.9 Å². The van der Waals surface area contributed by atoms with Gasteiger partial charge in [-0.1, -0.05) is 24.3 Å². The maximum Gasteiger partial charge on any atom is 1.00 e. The summed E-state index contributed by atoms with van der Waals surface area (Å²) >= 11 is 0. The largest absolute Gasteiger partial charge is 1.00 e. The molecular formula is C10H8N2Na2O3. The van der Waals surface area contributed by atoms with E-state index in [0.29, 0.717) is 0 Å². The van der Waals surface area contributed by atoms with Crippen molar-refractivity contribution in [3.05, 3.63) is 35.9 Å². The van der Waals surface area contributed by atoms with E-state index in [9.17, 15) is 0 Å². The topological polar surface area (TPSA) is 87.6 Å². The fourth-order valence-corrected chi connectivity index (χ4v) is 1.04. The van der Waals surface area contributed by atoms with Gasteiger partial charge in [0.25, 0.3) is 0 Å². The van der Waals surface area contributed by atoms with E-state index in [2.05, 4.69) is 10.5 Å². The smallest absolute Gasteiger partial charge is 0.652 e. The summed E-state index contributed by atoms with van der Waals surface area (Å²) < 4.78 is 0. The average molecular weight is 250 g/mol. The molecule has 17 heavy (non-hydrogen) atoms. The van der Waals surface area contributed by atoms with Crippen LogP contribution < -0.4 is 74.8 Å². The zero-order valence-electron chi connectivity index (χ0n) is 9.71. The van der Waals surface area contributed by atoms with Crippen LogP contribution in [0.2, 0.25) is 0 Å². The Balaban J connectivity index is 0. The Morgan fingerprint density at radius 2 is 1.76 bits per heavy atom. The average Bonchev–Trinajstić information content (AvgIpc) is 2.41. The molecule has 1 aliphatic heterocycles. The number of hydrogen-bond acceptors (Lipinski definition) is 5. The van der Waals surface area contributed by atoms with Crippen LogP contribution in [0.3, 0.4) is 0 Å². The molecular weight excluding hydrogens is 242 g/mol. The second-order valence-electron chi connectivity index (χ2n) is 2.59. The van der Waals surface area contributed by atoms with E-state index in [1.165, 1.54) is 5.56 Å². The summed E-state index contributed by atoms with van der Waals surface area (Å²) in [5, 5.41) is 20.6. The Morgan fingerprint density at radius 1 is 1.18 bits per heavy atom. The van der Waals surface area contributed by atoms with Crippen LogP contribution in [-0.4, -0.2) is 12.4 Å². The van der Waals surface area contributed by atoms with Gasteiger partial charge in [0.1, 0.15) is 0 Å². The molecule has 1 aromatic carbocycles. The van der Waals surface area contributed by atoms with Crippen molar-refractivity contribution in [1.29, 1.82) is 0 Å². The molecule has 0 bridgehead atoms. The Hall–Kier alpha value is -0.300. The van der Waals surface area contributed by atoms with Crippen LogP contribution in [-0.2, 0) is 0 Å². The first-order chi connectivity index (χ1) is 7.20. The number of para-hydroxylation sites is 1. The number of anilines is 1. The second kappa shape index (κ2) is 10.8. The number of fused-ring (bicyclic) bond motifs is 1. The molecule has 1 N–H and O–H groups in total. The van der Waals surface area contributed by atoms with Crippen LogP contribution in [0.4, 0.5) is 10.5 Å². The quantitative estimate of drug-likeness (QED) is 0.464. The van der Waals surface area contributed by atoms with Gasteiger partial charge in [0.15, 0.2) is 0 Å². The van der Waals surface area contributed by atoms with E-state index in [4.69, 9.17) is 15.0 Å². The number of allylic oxidation sites excluding steroid dienone is 1. The monoisotopic (exact) mass is 250 g/mol. The molecule has 0 atom stereocenters. The molecule has 0 saturated carbocycles. The Bertz CT molecular complexity index is 404. The van der Waals surface area contributed by atoms with E-state index < -0.39 is 6.16 Å². The van der Waals surface area contributed by atoms with E-state index in [0.717, 1.165) is 5.69 Å². The SMILES string of the molecule is C1=Cc2ccccc2NN=C1.O=C([O-])[O-].[Na+].[Na+]. The zero-order chi connectivity index (χ0) is 11.1. The maximum atomic E-state index is 8.33. The van der Waals surface area contributed by atoms with Gasteiger partial charge in [-0.3, -0.25) is 5.43 Å². The summed E-state index contributed by atoms with van der Waals surface area (Å²) in [5.41, 5.74) is 5.16. The summed E-state index contributed by atoms with van der Waals surface area (Å²) in [6.45, 7) is 0. The molecule has 1 aromatic rings. The first kappa shape index (κ1) is 19.0. The molecule has 1 aliphatic rings. The maximum absolute atomic E-state index is 8.33. The second-order valence-corrected chi connectivity index (χ2v) is 2.59. The predicted octanol–water partition coefficient (Wildman–Crippen LogP) is -6.33. The number of carbonyl (C=O) groups is 1.